The highest BCUT2D eigenvalue weighted by atomic mass is 32.1. The number of aromatic nitrogens is 2. The van der Waals surface area contributed by atoms with Crippen LogP contribution in [0.4, 0.5) is 0 Å². The van der Waals surface area contributed by atoms with E-state index in [0.29, 0.717) is 5.89 Å². The number of nitrogens with one attached hydrogen (secondary N) is 1. The molecule has 0 fully saturated rings. The van der Waals surface area contributed by atoms with E-state index in [2.05, 4.69) is 29.7 Å². The monoisotopic (exact) mass is 314 g/mol. The molecule has 0 saturated heterocycles. The fourth-order valence-corrected chi connectivity index (χ4v) is 2.78. The molecule has 1 atom stereocenters. The summed E-state index contributed by atoms with van der Waals surface area (Å²) in [5, 5.41) is 6.16. The Kier molecular flexibility index (Phi) is 8.81. The standard InChI is InChI=1S/C16H30N2O2S/c1-3-4-5-6-7-8-9-10-11-12-13-16(2,21)14-17-18-15(19)20-14/h21H,3-13H2,1-2H3,(H,18,19). The van der Waals surface area contributed by atoms with Gasteiger partial charge >= 0.3 is 5.76 Å². The maximum atomic E-state index is 11.0. The third-order valence-electron chi connectivity index (χ3n) is 3.92. The highest BCUT2D eigenvalue weighted by molar-refractivity contribution is 7.81. The molecule has 0 saturated carbocycles. The van der Waals surface area contributed by atoms with Gasteiger partial charge in [0, 0.05) is 0 Å². The number of thiol groups is 1. The summed E-state index contributed by atoms with van der Waals surface area (Å²) in [7, 11) is 0. The topological polar surface area (TPSA) is 58.9 Å². The Balaban J connectivity index is 2.02. The van der Waals surface area contributed by atoms with E-state index in [9.17, 15) is 4.79 Å². The maximum absolute atomic E-state index is 11.0. The second-order valence-corrected chi connectivity index (χ2v) is 7.11. The Morgan fingerprint density at radius 1 is 1.05 bits per heavy atom. The molecule has 0 radical (unpaired) electrons. The Bertz CT molecular complexity index is 426. The van der Waals surface area contributed by atoms with Crippen LogP contribution in [-0.2, 0) is 4.75 Å². The number of nitrogens with zero attached hydrogens (tertiary/aromatic N) is 1. The molecule has 0 aliphatic carbocycles. The van der Waals surface area contributed by atoms with Crippen LogP contribution in [0.2, 0.25) is 0 Å². The average molecular weight is 314 g/mol. The lowest BCUT2D eigenvalue weighted by Gasteiger charge is -2.18. The van der Waals surface area contributed by atoms with Gasteiger partial charge in [-0.15, -0.1) is 5.10 Å². The van der Waals surface area contributed by atoms with Crippen LogP contribution in [0.5, 0.6) is 0 Å². The van der Waals surface area contributed by atoms with E-state index in [-0.39, 0.29) is 0 Å². The van der Waals surface area contributed by atoms with Crippen molar-refractivity contribution in [1.82, 2.24) is 10.2 Å². The summed E-state index contributed by atoms with van der Waals surface area (Å²) in [4.78, 5) is 11.0. The number of rotatable bonds is 12. The Morgan fingerprint density at radius 3 is 2.05 bits per heavy atom. The largest absolute Gasteiger partial charge is 0.434 e. The molecule has 0 bridgehead atoms. The maximum Gasteiger partial charge on any atom is 0.434 e. The van der Waals surface area contributed by atoms with Crippen LogP contribution < -0.4 is 5.76 Å². The number of hydrogen-bond donors (Lipinski definition) is 2. The number of hydrogen-bond acceptors (Lipinski definition) is 4. The highest BCUT2D eigenvalue weighted by Gasteiger charge is 2.27. The summed E-state index contributed by atoms with van der Waals surface area (Å²) in [5.41, 5.74) is 0. The van der Waals surface area contributed by atoms with Gasteiger partial charge in [-0.25, -0.2) is 9.89 Å². The summed E-state index contributed by atoms with van der Waals surface area (Å²) in [6, 6.07) is 0. The lowest BCUT2D eigenvalue weighted by Crippen LogP contribution is -2.14. The van der Waals surface area contributed by atoms with Crippen molar-refractivity contribution >= 4 is 12.6 Å². The van der Waals surface area contributed by atoms with Gasteiger partial charge in [0.05, 0.1) is 4.75 Å². The summed E-state index contributed by atoms with van der Waals surface area (Å²) < 4.78 is 4.53. The van der Waals surface area contributed by atoms with E-state index in [1.54, 1.807) is 0 Å². The summed E-state index contributed by atoms with van der Waals surface area (Å²) in [5.74, 6) is -0.111. The van der Waals surface area contributed by atoms with Gasteiger partial charge in [-0.3, -0.25) is 0 Å². The van der Waals surface area contributed by atoms with Gasteiger partial charge in [0.15, 0.2) is 0 Å². The van der Waals surface area contributed by atoms with Gasteiger partial charge in [-0.05, 0) is 13.3 Å². The van der Waals surface area contributed by atoms with Crippen LogP contribution in [0.15, 0.2) is 9.21 Å². The van der Waals surface area contributed by atoms with Gasteiger partial charge in [0.25, 0.3) is 0 Å². The van der Waals surface area contributed by atoms with Gasteiger partial charge in [-0.1, -0.05) is 71.1 Å². The van der Waals surface area contributed by atoms with E-state index in [4.69, 9.17) is 4.42 Å². The lowest BCUT2D eigenvalue weighted by atomic mass is 10.0. The van der Waals surface area contributed by atoms with Crippen LogP contribution in [0.25, 0.3) is 0 Å². The Morgan fingerprint density at radius 2 is 1.57 bits per heavy atom. The smallest absolute Gasteiger partial charge is 0.391 e. The molecule has 122 valence electrons. The molecule has 5 heteroatoms. The van der Waals surface area contributed by atoms with E-state index < -0.39 is 10.5 Å². The molecule has 0 aliphatic rings. The molecule has 21 heavy (non-hydrogen) atoms. The van der Waals surface area contributed by atoms with Crippen LogP contribution in [-0.4, -0.2) is 10.2 Å². The highest BCUT2D eigenvalue weighted by Crippen LogP contribution is 2.31. The fourth-order valence-electron chi connectivity index (χ4n) is 2.52. The molecular formula is C16H30N2O2S. The van der Waals surface area contributed by atoms with Crippen LogP contribution in [0, 0.1) is 0 Å². The summed E-state index contributed by atoms with van der Waals surface area (Å²) in [6.07, 6.45) is 14.0. The third kappa shape index (κ3) is 7.74. The zero-order chi connectivity index (χ0) is 15.6. The zero-order valence-corrected chi connectivity index (χ0v) is 14.4. The molecule has 0 aliphatic heterocycles. The first-order chi connectivity index (χ1) is 10.1. The number of unbranched alkanes of at least 4 members (excludes halogenated alkanes) is 9. The predicted octanol–water partition coefficient (Wildman–Crippen LogP) is 4.82. The van der Waals surface area contributed by atoms with E-state index in [1.807, 2.05) is 6.92 Å². The minimum Gasteiger partial charge on any atom is -0.391 e. The summed E-state index contributed by atoms with van der Waals surface area (Å²) in [6.45, 7) is 4.20. The fraction of sp³-hybridized carbons (Fsp3) is 0.875. The zero-order valence-electron chi connectivity index (χ0n) is 13.5. The van der Waals surface area contributed by atoms with Crippen molar-refractivity contribution in [2.24, 2.45) is 0 Å². The van der Waals surface area contributed by atoms with Crippen molar-refractivity contribution < 1.29 is 4.42 Å². The first-order valence-electron chi connectivity index (χ1n) is 8.34. The molecule has 1 rings (SSSR count). The quantitative estimate of drug-likeness (QED) is 0.429. The number of H-pyrrole nitrogens is 1. The van der Waals surface area contributed by atoms with Crippen LogP contribution in [0.1, 0.15) is 90.4 Å². The van der Waals surface area contributed by atoms with E-state index >= 15 is 0 Å². The molecule has 1 unspecified atom stereocenters. The molecule has 1 N–H and O–H groups in total. The molecular weight excluding hydrogens is 284 g/mol. The average Bonchev–Trinajstić information content (AvgIpc) is 2.88. The molecule has 1 aromatic rings. The van der Waals surface area contributed by atoms with Crippen molar-refractivity contribution in [3.63, 3.8) is 0 Å². The van der Waals surface area contributed by atoms with Gasteiger partial charge < -0.3 is 4.42 Å². The summed E-state index contributed by atoms with van der Waals surface area (Å²) >= 11 is 4.57. The number of aromatic amines is 1. The minimum atomic E-state index is -0.506. The Hall–Kier alpha value is -0.710. The predicted molar refractivity (Wildman–Crippen MR) is 89.9 cm³/mol. The Labute approximate surface area is 133 Å². The lowest BCUT2D eigenvalue weighted by molar-refractivity contribution is 0.393. The van der Waals surface area contributed by atoms with Crippen LogP contribution in [0.3, 0.4) is 0 Å². The third-order valence-corrected chi connectivity index (χ3v) is 4.33. The minimum absolute atomic E-state index is 0.395. The molecule has 0 spiro atoms. The van der Waals surface area contributed by atoms with Crippen molar-refractivity contribution in [3.05, 3.63) is 16.4 Å². The van der Waals surface area contributed by atoms with Crippen molar-refractivity contribution in [2.45, 2.75) is 89.2 Å². The van der Waals surface area contributed by atoms with Gasteiger partial charge in [0.1, 0.15) is 0 Å². The molecule has 1 aromatic heterocycles. The first kappa shape index (κ1) is 18.3. The molecule has 4 nitrogen and oxygen atoms in total. The normalized spacial score (nSPS) is 14.2. The van der Waals surface area contributed by atoms with Crippen LogP contribution >= 0.6 is 12.6 Å². The first-order valence-corrected chi connectivity index (χ1v) is 8.79. The van der Waals surface area contributed by atoms with Crippen molar-refractivity contribution in [1.29, 1.82) is 0 Å². The van der Waals surface area contributed by atoms with E-state index in [0.717, 1.165) is 12.8 Å². The van der Waals surface area contributed by atoms with Gasteiger partial charge in [-0.2, -0.15) is 12.6 Å². The second-order valence-electron chi connectivity index (χ2n) is 6.12. The SMILES string of the molecule is CCCCCCCCCCCCC(C)(S)c1n[nH]c(=O)o1. The van der Waals surface area contributed by atoms with Crippen molar-refractivity contribution in [3.8, 4) is 0 Å². The second kappa shape index (κ2) is 10.1. The van der Waals surface area contributed by atoms with Gasteiger partial charge in [0.2, 0.25) is 5.89 Å². The van der Waals surface area contributed by atoms with E-state index in [1.165, 1.54) is 57.8 Å². The molecule has 1 heterocycles. The molecule has 0 amide bonds. The van der Waals surface area contributed by atoms with Crippen molar-refractivity contribution in [2.75, 3.05) is 0 Å². The molecule has 0 aromatic carbocycles.